The Kier molecular flexibility index (Phi) is 8.11. The van der Waals surface area contributed by atoms with Gasteiger partial charge in [0.15, 0.2) is 5.84 Å². The topological polar surface area (TPSA) is 67.8 Å². The van der Waals surface area contributed by atoms with Gasteiger partial charge < -0.3 is 15.7 Å². The summed E-state index contributed by atoms with van der Waals surface area (Å²) in [7, 11) is 0. The fourth-order valence-corrected chi connectivity index (χ4v) is 2.29. The van der Waals surface area contributed by atoms with Crippen molar-refractivity contribution in [1.29, 1.82) is 0 Å². The maximum atomic E-state index is 8.77. The lowest BCUT2D eigenvalue weighted by Crippen LogP contribution is -2.15. The Morgan fingerprint density at radius 2 is 1.95 bits per heavy atom. The van der Waals surface area contributed by atoms with Crippen molar-refractivity contribution < 1.29 is 9.94 Å². The molecule has 1 aromatic carbocycles. The number of hydrogen-bond donors (Lipinski definition) is 2. The van der Waals surface area contributed by atoms with Crippen LogP contribution in [0, 0.1) is 0 Å². The highest BCUT2D eigenvalue weighted by Gasteiger charge is 2.09. The lowest BCUT2D eigenvalue weighted by atomic mass is 10.1. The first-order valence-corrected chi connectivity index (χ1v) is 7.88. The van der Waals surface area contributed by atoms with Gasteiger partial charge in [0.2, 0.25) is 0 Å². The van der Waals surface area contributed by atoms with Crippen LogP contribution in [0.15, 0.2) is 27.8 Å². The molecule has 0 radical (unpaired) electrons. The smallest absolute Gasteiger partial charge is 0.173 e. The van der Waals surface area contributed by atoms with Crippen molar-refractivity contribution >= 4 is 21.8 Å². The quantitative estimate of drug-likeness (QED) is 0.231. The van der Waals surface area contributed by atoms with Gasteiger partial charge >= 0.3 is 0 Å². The van der Waals surface area contributed by atoms with Crippen LogP contribution >= 0.6 is 15.9 Å². The predicted molar refractivity (Wildman–Crippen MR) is 85.5 cm³/mol. The van der Waals surface area contributed by atoms with E-state index in [1.54, 1.807) is 6.07 Å². The molecule has 0 unspecified atom stereocenters. The lowest BCUT2D eigenvalue weighted by Gasteiger charge is -2.11. The maximum Gasteiger partial charge on any atom is 0.173 e. The lowest BCUT2D eigenvalue weighted by molar-refractivity contribution is 0.301. The zero-order valence-corrected chi connectivity index (χ0v) is 13.5. The minimum Gasteiger partial charge on any atom is -0.493 e. The number of nitrogens with two attached hydrogens (primary N) is 1. The van der Waals surface area contributed by atoms with Gasteiger partial charge in [-0.25, -0.2) is 0 Å². The third-order valence-corrected chi connectivity index (χ3v) is 3.58. The third-order valence-electron chi connectivity index (χ3n) is 3.08. The Labute approximate surface area is 129 Å². The number of benzene rings is 1. The van der Waals surface area contributed by atoms with Gasteiger partial charge in [0.25, 0.3) is 0 Å². The number of halogens is 1. The van der Waals surface area contributed by atoms with E-state index >= 15 is 0 Å². The molecule has 0 fully saturated rings. The van der Waals surface area contributed by atoms with Gasteiger partial charge in [-0.2, -0.15) is 0 Å². The Morgan fingerprint density at radius 3 is 2.65 bits per heavy atom. The van der Waals surface area contributed by atoms with Crippen LogP contribution in [-0.4, -0.2) is 17.6 Å². The van der Waals surface area contributed by atoms with Crippen molar-refractivity contribution in [2.24, 2.45) is 10.9 Å². The molecule has 0 aliphatic carbocycles. The molecule has 0 bridgehead atoms. The monoisotopic (exact) mass is 342 g/mol. The van der Waals surface area contributed by atoms with E-state index < -0.39 is 0 Å². The Bertz CT molecular complexity index is 436. The summed E-state index contributed by atoms with van der Waals surface area (Å²) in [6, 6.07) is 5.45. The Balaban J connectivity index is 2.44. The van der Waals surface area contributed by atoms with Gasteiger partial charge in [0.1, 0.15) is 5.75 Å². The van der Waals surface area contributed by atoms with Crippen LogP contribution in [-0.2, 0) is 0 Å². The van der Waals surface area contributed by atoms with Crippen LogP contribution in [0.5, 0.6) is 5.75 Å². The normalized spacial score (nSPS) is 11.6. The van der Waals surface area contributed by atoms with Crippen LogP contribution in [0.1, 0.15) is 51.0 Å². The zero-order chi connectivity index (χ0) is 14.8. The minimum absolute atomic E-state index is 0.0652. The second-order valence-corrected chi connectivity index (χ2v) is 5.66. The molecule has 0 aliphatic heterocycles. The molecule has 112 valence electrons. The summed E-state index contributed by atoms with van der Waals surface area (Å²) >= 11 is 3.40. The molecule has 0 saturated heterocycles. The van der Waals surface area contributed by atoms with E-state index in [0.29, 0.717) is 17.9 Å². The van der Waals surface area contributed by atoms with Crippen LogP contribution in [0.25, 0.3) is 0 Å². The number of oxime groups is 1. The average molecular weight is 343 g/mol. The van der Waals surface area contributed by atoms with Crippen LogP contribution in [0.3, 0.4) is 0 Å². The fraction of sp³-hybridized carbons (Fsp3) is 0.533. The van der Waals surface area contributed by atoms with Gasteiger partial charge in [-0.15, -0.1) is 0 Å². The summed E-state index contributed by atoms with van der Waals surface area (Å²) in [4.78, 5) is 0. The van der Waals surface area contributed by atoms with E-state index in [4.69, 9.17) is 15.7 Å². The molecule has 4 nitrogen and oxygen atoms in total. The molecular weight excluding hydrogens is 320 g/mol. The van der Waals surface area contributed by atoms with Crippen molar-refractivity contribution in [3.63, 3.8) is 0 Å². The first-order chi connectivity index (χ1) is 9.69. The van der Waals surface area contributed by atoms with E-state index in [9.17, 15) is 0 Å². The molecule has 0 saturated carbocycles. The number of unbranched alkanes of at least 4 members (excludes halogenated alkanes) is 5. The minimum atomic E-state index is 0.0652. The summed E-state index contributed by atoms with van der Waals surface area (Å²) in [6.45, 7) is 2.86. The average Bonchev–Trinajstić information content (AvgIpc) is 2.45. The maximum absolute atomic E-state index is 8.77. The predicted octanol–water partition coefficient (Wildman–Crippen LogP) is 4.28. The largest absolute Gasteiger partial charge is 0.493 e. The molecule has 0 heterocycles. The van der Waals surface area contributed by atoms with Crippen molar-refractivity contribution in [2.45, 2.75) is 45.4 Å². The third kappa shape index (κ3) is 5.82. The van der Waals surface area contributed by atoms with Crippen LogP contribution in [0.4, 0.5) is 0 Å². The number of nitrogens with zero attached hydrogens (tertiary/aromatic N) is 1. The van der Waals surface area contributed by atoms with Crippen LogP contribution in [0.2, 0.25) is 0 Å². The number of ether oxygens (including phenoxy) is 1. The fourth-order valence-electron chi connectivity index (χ4n) is 1.95. The number of amidine groups is 1. The molecule has 0 amide bonds. The van der Waals surface area contributed by atoms with E-state index in [1.807, 2.05) is 12.1 Å². The molecule has 0 atom stereocenters. The van der Waals surface area contributed by atoms with E-state index in [-0.39, 0.29) is 5.84 Å². The van der Waals surface area contributed by atoms with Gasteiger partial charge in [-0.1, -0.05) is 60.1 Å². The highest BCUT2D eigenvalue weighted by Crippen LogP contribution is 2.24. The van der Waals surface area contributed by atoms with Crippen molar-refractivity contribution in [1.82, 2.24) is 0 Å². The molecular formula is C15H23BrN2O2. The molecule has 20 heavy (non-hydrogen) atoms. The molecule has 5 heteroatoms. The molecule has 1 aromatic rings. The van der Waals surface area contributed by atoms with Gasteiger partial charge in [-0.3, -0.25) is 0 Å². The highest BCUT2D eigenvalue weighted by molar-refractivity contribution is 9.10. The summed E-state index contributed by atoms with van der Waals surface area (Å²) in [5.74, 6) is 0.707. The Hall–Kier alpha value is -1.23. The van der Waals surface area contributed by atoms with E-state index in [0.717, 1.165) is 10.9 Å². The molecule has 3 N–H and O–H groups in total. The summed E-state index contributed by atoms with van der Waals surface area (Å²) in [5.41, 5.74) is 6.25. The summed E-state index contributed by atoms with van der Waals surface area (Å²) in [6.07, 6.45) is 7.31. The number of rotatable bonds is 9. The number of hydrogen-bond acceptors (Lipinski definition) is 3. The van der Waals surface area contributed by atoms with Crippen molar-refractivity contribution in [3.8, 4) is 5.75 Å². The second-order valence-electron chi connectivity index (χ2n) is 4.74. The van der Waals surface area contributed by atoms with Gasteiger partial charge in [0.05, 0.1) is 12.2 Å². The van der Waals surface area contributed by atoms with E-state index in [2.05, 4.69) is 28.0 Å². The van der Waals surface area contributed by atoms with E-state index in [1.165, 1.54) is 32.1 Å². The van der Waals surface area contributed by atoms with Crippen LogP contribution < -0.4 is 10.5 Å². The van der Waals surface area contributed by atoms with Gasteiger partial charge in [0, 0.05) is 4.47 Å². The van der Waals surface area contributed by atoms with Crippen molar-refractivity contribution in [3.05, 3.63) is 28.2 Å². The Morgan fingerprint density at radius 1 is 1.25 bits per heavy atom. The molecule has 0 spiro atoms. The first kappa shape index (κ1) is 16.8. The molecule has 0 aliphatic rings. The highest BCUT2D eigenvalue weighted by atomic mass is 79.9. The zero-order valence-electron chi connectivity index (χ0n) is 11.9. The molecule has 0 aromatic heterocycles. The molecule has 1 rings (SSSR count). The summed E-state index contributed by atoms with van der Waals surface area (Å²) < 4.78 is 6.65. The van der Waals surface area contributed by atoms with Gasteiger partial charge in [-0.05, 0) is 24.6 Å². The second kappa shape index (κ2) is 9.64. The summed E-state index contributed by atoms with van der Waals surface area (Å²) in [5, 5.41) is 11.8. The first-order valence-electron chi connectivity index (χ1n) is 7.09. The SMILES string of the molecule is CCCCCCCCOc1cc(Br)ccc1/C(N)=N/O. The standard InChI is InChI=1S/C15H23BrN2O2/c1-2-3-4-5-6-7-10-20-14-11-12(16)8-9-13(14)15(17)18-19/h8-9,11,19H,2-7,10H2,1H3,(H2,17,18). The van der Waals surface area contributed by atoms with Crippen molar-refractivity contribution in [2.75, 3.05) is 6.61 Å².